The third kappa shape index (κ3) is 3.60. The van der Waals surface area contributed by atoms with Crippen LogP contribution in [0.2, 0.25) is 0 Å². The Labute approximate surface area is 203 Å². The van der Waals surface area contributed by atoms with Crippen molar-refractivity contribution < 1.29 is 19.0 Å². The first-order valence-electron chi connectivity index (χ1n) is 10.9. The molecule has 34 heavy (non-hydrogen) atoms. The smallest absolute Gasteiger partial charge is 0.236 e. The van der Waals surface area contributed by atoms with Crippen LogP contribution in [0.25, 0.3) is 0 Å². The second-order valence-corrected chi connectivity index (χ2v) is 8.74. The average molecular weight is 476 g/mol. The molecular weight excluding hydrogens is 450 g/mol. The number of ether oxygens (including phenoxy) is 3. The summed E-state index contributed by atoms with van der Waals surface area (Å²) >= 11 is 5.78. The molecule has 5 rings (SSSR count). The molecule has 2 heterocycles. The fraction of sp³-hybridized carbons (Fsp3) is 0.231. The van der Waals surface area contributed by atoms with Crippen molar-refractivity contribution in [2.75, 3.05) is 24.4 Å². The van der Waals surface area contributed by atoms with E-state index in [0.29, 0.717) is 28.0 Å². The zero-order chi connectivity index (χ0) is 23.9. The predicted molar refractivity (Wildman–Crippen MR) is 135 cm³/mol. The number of nitrogens with one attached hydrogen (secondary N) is 2. The molecule has 0 aliphatic carbocycles. The number of hydrogen-bond donors (Lipinski definition) is 2. The molecule has 0 saturated carbocycles. The summed E-state index contributed by atoms with van der Waals surface area (Å²) in [6, 6.07) is 22.1. The van der Waals surface area contributed by atoms with Crippen LogP contribution < -0.4 is 29.7 Å². The highest BCUT2D eigenvalue weighted by molar-refractivity contribution is 7.80. The quantitative estimate of drug-likeness (QED) is 0.527. The minimum absolute atomic E-state index is 0.193. The van der Waals surface area contributed by atoms with Crippen molar-refractivity contribution >= 4 is 34.6 Å². The van der Waals surface area contributed by atoms with E-state index in [4.69, 9.17) is 26.4 Å². The third-order valence-electron chi connectivity index (χ3n) is 6.36. The molecule has 2 aliphatic rings. The van der Waals surface area contributed by atoms with Gasteiger partial charge in [-0.15, -0.1) is 0 Å². The highest BCUT2D eigenvalue weighted by Crippen LogP contribution is 2.50. The lowest BCUT2D eigenvalue weighted by molar-refractivity contribution is -0.130. The Morgan fingerprint density at radius 2 is 1.71 bits per heavy atom. The van der Waals surface area contributed by atoms with Gasteiger partial charge >= 0.3 is 0 Å². The number of methoxy groups -OCH3 is 2. The molecule has 0 unspecified atom stereocenters. The minimum atomic E-state index is -1.08. The molecular formula is C26H25N3O4S. The summed E-state index contributed by atoms with van der Waals surface area (Å²) in [5.74, 6) is 1.24. The van der Waals surface area contributed by atoms with E-state index in [1.807, 2.05) is 72.5 Å². The van der Waals surface area contributed by atoms with Gasteiger partial charge in [-0.3, -0.25) is 9.69 Å². The number of carbonyl (C=O) groups excluding carboxylic acids is 1. The fourth-order valence-electron chi connectivity index (χ4n) is 4.75. The molecule has 3 aromatic carbocycles. The van der Waals surface area contributed by atoms with Crippen LogP contribution in [0.15, 0.2) is 72.8 Å². The molecule has 1 amide bonds. The SMILES string of the molecule is COc1ccc(NC(=O)[C@@H]2[C@H]3NC(=S)N(c4ccccc4)[C@@]2(C)Oc2ccc(OC)cc23)cc1. The maximum atomic E-state index is 13.8. The Bertz CT molecular complexity index is 1230. The van der Waals surface area contributed by atoms with Crippen molar-refractivity contribution in [3.8, 4) is 17.2 Å². The molecule has 1 fully saturated rings. The average Bonchev–Trinajstić information content (AvgIpc) is 2.84. The standard InChI is InChI=1S/C26H25N3O4S/c1-26-22(24(30)27-16-9-11-18(31-2)12-10-16)23(20-15-19(32-3)13-14-21(20)33-26)28-25(34)29(26)17-7-5-4-6-8-17/h4-15,22-23H,1-3H3,(H,27,30)(H,28,34)/t22-,23-,26-/m0/s1. The minimum Gasteiger partial charge on any atom is -0.497 e. The summed E-state index contributed by atoms with van der Waals surface area (Å²) in [5.41, 5.74) is 1.24. The highest BCUT2D eigenvalue weighted by atomic mass is 32.1. The first-order chi connectivity index (χ1) is 16.4. The lowest BCUT2D eigenvalue weighted by Crippen LogP contribution is -2.72. The first kappa shape index (κ1) is 22.0. The molecule has 0 spiro atoms. The maximum Gasteiger partial charge on any atom is 0.236 e. The van der Waals surface area contributed by atoms with E-state index in [9.17, 15) is 4.79 Å². The van der Waals surface area contributed by atoms with Crippen LogP contribution in [0, 0.1) is 5.92 Å². The molecule has 7 nitrogen and oxygen atoms in total. The summed E-state index contributed by atoms with van der Waals surface area (Å²) in [7, 11) is 3.22. The van der Waals surface area contributed by atoms with E-state index in [1.54, 1.807) is 26.4 Å². The van der Waals surface area contributed by atoms with Gasteiger partial charge in [-0.2, -0.15) is 0 Å². The van der Waals surface area contributed by atoms with E-state index in [1.165, 1.54) is 0 Å². The lowest BCUT2D eigenvalue weighted by Gasteiger charge is -2.56. The molecule has 8 heteroatoms. The van der Waals surface area contributed by atoms with Gasteiger partial charge in [-0.1, -0.05) is 18.2 Å². The van der Waals surface area contributed by atoms with Crippen LogP contribution in [-0.4, -0.2) is 31.0 Å². The second-order valence-electron chi connectivity index (χ2n) is 8.35. The number of benzene rings is 3. The molecule has 0 aromatic heterocycles. The van der Waals surface area contributed by atoms with Crippen LogP contribution in [-0.2, 0) is 4.79 Å². The number of para-hydroxylation sites is 1. The van der Waals surface area contributed by atoms with E-state index < -0.39 is 17.7 Å². The zero-order valence-electron chi connectivity index (χ0n) is 19.1. The molecule has 3 aromatic rings. The van der Waals surface area contributed by atoms with Crippen molar-refractivity contribution in [2.45, 2.75) is 18.7 Å². The number of rotatable bonds is 5. The number of nitrogens with zero attached hydrogens (tertiary/aromatic N) is 1. The van der Waals surface area contributed by atoms with Crippen LogP contribution in [0.4, 0.5) is 11.4 Å². The van der Waals surface area contributed by atoms with Crippen LogP contribution in [0.3, 0.4) is 0 Å². The molecule has 174 valence electrons. The molecule has 3 atom stereocenters. The summed E-state index contributed by atoms with van der Waals surface area (Å²) in [4.78, 5) is 15.7. The predicted octanol–water partition coefficient (Wildman–Crippen LogP) is 4.50. The maximum absolute atomic E-state index is 13.8. The number of hydrogen-bond acceptors (Lipinski definition) is 5. The molecule has 1 saturated heterocycles. The highest BCUT2D eigenvalue weighted by Gasteiger charge is 2.59. The number of amides is 1. The fourth-order valence-corrected chi connectivity index (χ4v) is 5.16. The normalized spacial score (nSPS) is 22.7. The van der Waals surface area contributed by atoms with Gasteiger partial charge in [0.2, 0.25) is 5.91 Å². The van der Waals surface area contributed by atoms with Crippen LogP contribution in [0.5, 0.6) is 17.2 Å². The molecule has 2 bridgehead atoms. The summed E-state index contributed by atoms with van der Waals surface area (Å²) in [6.07, 6.45) is 0. The first-order valence-corrected chi connectivity index (χ1v) is 11.3. The van der Waals surface area contributed by atoms with Crippen molar-refractivity contribution in [3.05, 3.63) is 78.4 Å². The number of fused-ring (bicyclic) bond motifs is 4. The van der Waals surface area contributed by atoms with Gasteiger partial charge < -0.3 is 24.8 Å². The van der Waals surface area contributed by atoms with Crippen LogP contribution >= 0.6 is 12.2 Å². The van der Waals surface area contributed by atoms with Gasteiger partial charge in [0.15, 0.2) is 10.8 Å². The number of carbonyl (C=O) groups is 1. The molecule has 2 aliphatic heterocycles. The van der Waals surface area contributed by atoms with Crippen molar-refractivity contribution in [2.24, 2.45) is 5.92 Å². The van der Waals surface area contributed by atoms with Gasteiger partial charge in [-0.05, 0) is 73.7 Å². The Morgan fingerprint density at radius 3 is 2.38 bits per heavy atom. The zero-order valence-corrected chi connectivity index (χ0v) is 19.9. The van der Waals surface area contributed by atoms with E-state index in [2.05, 4.69) is 10.6 Å². The van der Waals surface area contributed by atoms with E-state index in [0.717, 1.165) is 11.3 Å². The van der Waals surface area contributed by atoms with Crippen molar-refractivity contribution in [3.63, 3.8) is 0 Å². The summed E-state index contributed by atoms with van der Waals surface area (Å²) < 4.78 is 17.3. The number of thiocarbonyl (C=S) groups is 1. The van der Waals surface area contributed by atoms with Gasteiger partial charge in [0.05, 0.1) is 20.3 Å². The topological polar surface area (TPSA) is 72.1 Å². The Hall–Kier alpha value is -3.78. The summed E-state index contributed by atoms with van der Waals surface area (Å²) in [5, 5.41) is 6.94. The molecule has 0 radical (unpaired) electrons. The summed E-state index contributed by atoms with van der Waals surface area (Å²) in [6.45, 7) is 1.91. The van der Waals surface area contributed by atoms with Gasteiger partial charge in [0, 0.05) is 16.9 Å². The Balaban J connectivity index is 1.59. The molecule has 2 N–H and O–H groups in total. The van der Waals surface area contributed by atoms with E-state index >= 15 is 0 Å². The third-order valence-corrected chi connectivity index (χ3v) is 6.66. The number of anilines is 2. The Morgan fingerprint density at radius 1 is 1.03 bits per heavy atom. The van der Waals surface area contributed by atoms with Gasteiger partial charge in [0.1, 0.15) is 23.2 Å². The Kier molecular flexibility index (Phi) is 5.53. The van der Waals surface area contributed by atoms with Gasteiger partial charge in [0.25, 0.3) is 0 Å². The monoisotopic (exact) mass is 475 g/mol. The second kappa shape index (κ2) is 8.53. The largest absolute Gasteiger partial charge is 0.497 e. The van der Waals surface area contributed by atoms with Crippen molar-refractivity contribution in [1.82, 2.24) is 5.32 Å². The van der Waals surface area contributed by atoms with E-state index in [-0.39, 0.29) is 5.91 Å². The van der Waals surface area contributed by atoms with Gasteiger partial charge in [-0.25, -0.2) is 0 Å². The van der Waals surface area contributed by atoms with Crippen LogP contribution in [0.1, 0.15) is 18.5 Å². The van der Waals surface area contributed by atoms with Crippen molar-refractivity contribution in [1.29, 1.82) is 0 Å². The lowest BCUT2D eigenvalue weighted by atomic mass is 9.78.